The molecule has 0 aliphatic heterocycles. The van der Waals surface area contributed by atoms with E-state index >= 15 is 0 Å². The number of Topliss-reactive ketones (excluding diaryl/α,β-unsaturated/α-hetero) is 1. The lowest BCUT2D eigenvalue weighted by Crippen LogP contribution is -2.36. The maximum absolute atomic E-state index is 12.6. The molecule has 156 valence electrons. The van der Waals surface area contributed by atoms with Crippen molar-refractivity contribution < 1.29 is 24.2 Å². The number of carbonyl (C=O) groups is 2. The summed E-state index contributed by atoms with van der Waals surface area (Å²) in [5.74, 6) is -3.57. The zero-order chi connectivity index (χ0) is 21.6. The number of benzene rings is 2. The second-order valence-electron chi connectivity index (χ2n) is 7.26. The fraction of sp³-hybridized carbons (Fsp3) is 0.333. The SMILES string of the molecule is C[C@H](N)P(=O)(O)CC(Cc1ccc(-c2ccccc2)cc1)C(=O)C[C@H](N)C(=O)O. The van der Waals surface area contributed by atoms with Gasteiger partial charge in [0.15, 0.2) is 0 Å². The minimum Gasteiger partial charge on any atom is -0.480 e. The fourth-order valence-electron chi connectivity index (χ4n) is 2.98. The molecule has 2 rings (SSSR count). The molecule has 7 nitrogen and oxygen atoms in total. The van der Waals surface area contributed by atoms with Crippen molar-refractivity contribution in [2.45, 2.75) is 31.6 Å². The highest BCUT2D eigenvalue weighted by atomic mass is 31.2. The minimum atomic E-state index is -3.77. The molecule has 2 aromatic carbocycles. The largest absolute Gasteiger partial charge is 0.480 e. The van der Waals surface area contributed by atoms with E-state index in [0.717, 1.165) is 16.7 Å². The highest BCUT2D eigenvalue weighted by Gasteiger charge is 2.33. The third kappa shape index (κ3) is 6.61. The molecule has 6 N–H and O–H groups in total. The van der Waals surface area contributed by atoms with E-state index in [9.17, 15) is 19.0 Å². The zero-order valence-electron chi connectivity index (χ0n) is 16.3. The Morgan fingerprint density at radius 2 is 1.55 bits per heavy atom. The summed E-state index contributed by atoms with van der Waals surface area (Å²) in [5.41, 5.74) is 13.9. The molecule has 8 heteroatoms. The number of ketones is 1. The molecule has 0 amide bonds. The quantitative estimate of drug-likeness (QED) is 0.434. The summed E-state index contributed by atoms with van der Waals surface area (Å²) >= 11 is 0. The standard InChI is InChI=1S/C21H27N2O5P/c1-14(22)29(27,28)13-18(20(24)12-19(23)21(25)26)11-15-7-9-17(10-8-15)16-5-3-2-4-6-16/h2-10,14,18-19H,11-13,22-23H2,1H3,(H,25,26)(H,27,28)/t14-,18?,19+/m1/s1. The molecule has 0 aromatic heterocycles. The molecule has 2 unspecified atom stereocenters. The third-order valence-corrected chi connectivity index (χ3v) is 7.09. The van der Waals surface area contributed by atoms with Crippen LogP contribution in [0.1, 0.15) is 18.9 Å². The van der Waals surface area contributed by atoms with Gasteiger partial charge >= 0.3 is 5.97 Å². The summed E-state index contributed by atoms with van der Waals surface area (Å²) in [6.07, 6.45) is -0.505. The Morgan fingerprint density at radius 3 is 2.07 bits per heavy atom. The summed E-state index contributed by atoms with van der Waals surface area (Å²) in [5, 5.41) is 8.96. The number of carboxylic acid groups (broad SMARTS) is 1. The molecular weight excluding hydrogens is 391 g/mol. The lowest BCUT2D eigenvalue weighted by atomic mass is 9.92. The Hall–Kier alpha value is -2.31. The molecule has 4 atom stereocenters. The Kier molecular flexibility index (Phi) is 7.88. The molecule has 2 aromatic rings. The highest BCUT2D eigenvalue weighted by Crippen LogP contribution is 2.46. The third-order valence-electron chi connectivity index (χ3n) is 4.86. The Morgan fingerprint density at radius 1 is 1.00 bits per heavy atom. The van der Waals surface area contributed by atoms with E-state index in [1.165, 1.54) is 6.92 Å². The van der Waals surface area contributed by atoms with Gasteiger partial charge in [0.2, 0.25) is 7.37 Å². The van der Waals surface area contributed by atoms with E-state index in [4.69, 9.17) is 16.6 Å². The van der Waals surface area contributed by atoms with Gasteiger partial charge in [0.05, 0.1) is 5.78 Å². The summed E-state index contributed by atoms with van der Waals surface area (Å²) in [4.78, 5) is 33.8. The second kappa shape index (κ2) is 9.94. The molecule has 0 saturated heterocycles. The van der Waals surface area contributed by atoms with E-state index in [1.54, 1.807) is 0 Å². The van der Waals surface area contributed by atoms with Gasteiger partial charge in [0.1, 0.15) is 11.8 Å². The Balaban J connectivity index is 2.21. The van der Waals surface area contributed by atoms with Crippen molar-refractivity contribution in [1.29, 1.82) is 0 Å². The smallest absolute Gasteiger partial charge is 0.320 e. The molecule has 0 saturated carbocycles. The number of aliphatic carboxylic acids is 1. The fourth-order valence-corrected chi connectivity index (χ4v) is 4.28. The van der Waals surface area contributed by atoms with Crippen LogP contribution in [0.2, 0.25) is 0 Å². The molecule has 0 radical (unpaired) electrons. The predicted octanol–water partition coefficient (Wildman–Crippen LogP) is 2.46. The Bertz CT molecular complexity index is 884. The lowest BCUT2D eigenvalue weighted by Gasteiger charge is -2.22. The molecule has 0 aliphatic rings. The molecule has 0 bridgehead atoms. The first-order valence-corrected chi connectivity index (χ1v) is 11.2. The van der Waals surface area contributed by atoms with Gasteiger partial charge in [-0.3, -0.25) is 14.2 Å². The van der Waals surface area contributed by atoms with Gasteiger partial charge in [0.25, 0.3) is 0 Å². The van der Waals surface area contributed by atoms with Crippen LogP contribution >= 0.6 is 7.37 Å². The summed E-state index contributed by atoms with van der Waals surface area (Å²) in [6.45, 7) is 1.42. The first kappa shape index (κ1) is 23.0. The van der Waals surface area contributed by atoms with Gasteiger partial charge < -0.3 is 21.5 Å². The molecule has 29 heavy (non-hydrogen) atoms. The van der Waals surface area contributed by atoms with Crippen LogP contribution in [0.5, 0.6) is 0 Å². The van der Waals surface area contributed by atoms with E-state index < -0.39 is 43.3 Å². The number of hydrogen-bond donors (Lipinski definition) is 4. The van der Waals surface area contributed by atoms with E-state index in [-0.39, 0.29) is 12.6 Å². The van der Waals surface area contributed by atoms with Crippen LogP contribution < -0.4 is 11.5 Å². The number of nitrogens with two attached hydrogens (primary N) is 2. The van der Waals surface area contributed by atoms with Gasteiger partial charge in [-0.15, -0.1) is 0 Å². The first-order chi connectivity index (χ1) is 13.6. The number of hydrogen-bond acceptors (Lipinski definition) is 5. The normalized spacial score (nSPS) is 16.4. The van der Waals surface area contributed by atoms with Crippen molar-refractivity contribution in [3.05, 3.63) is 60.2 Å². The summed E-state index contributed by atoms with van der Waals surface area (Å²) in [7, 11) is -3.77. The lowest BCUT2D eigenvalue weighted by molar-refractivity contribution is -0.140. The van der Waals surface area contributed by atoms with Crippen LogP contribution in [0.15, 0.2) is 54.6 Å². The van der Waals surface area contributed by atoms with E-state index in [1.807, 2.05) is 54.6 Å². The molecule has 0 aliphatic carbocycles. The van der Waals surface area contributed by atoms with Gasteiger partial charge in [0, 0.05) is 18.5 Å². The van der Waals surface area contributed by atoms with Gasteiger partial charge in [-0.25, -0.2) is 0 Å². The zero-order valence-corrected chi connectivity index (χ0v) is 17.2. The monoisotopic (exact) mass is 418 g/mol. The first-order valence-electron chi connectivity index (χ1n) is 9.32. The maximum atomic E-state index is 12.6. The number of carboxylic acids is 1. The maximum Gasteiger partial charge on any atom is 0.320 e. The molecule has 0 spiro atoms. The van der Waals surface area contributed by atoms with Gasteiger partial charge in [-0.2, -0.15) is 0 Å². The van der Waals surface area contributed by atoms with Crippen LogP contribution in [0.3, 0.4) is 0 Å². The molecule has 0 fully saturated rings. The Labute approximate surface area is 170 Å². The summed E-state index contributed by atoms with van der Waals surface area (Å²) < 4.78 is 12.4. The molecular formula is C21H27N2O5P. The average molecular weight is 418 g/mol. The van der Waals surface area contributed by atoms with Crippen LogP contribution in [-0.2, 0) is 20.6 Å². The van der Waals surface area contributed by atoms with E-state index in [2.05, 4.69) is 0 Å². The average Bonchev–Trinajstić information content (AvgIpc) is 2.68. The van der Waals surface area contributed by atoms with Crippen LogP contribution in [0.4, 0.5) is 0 Å². The van der Waals surface area contributed by atoms with Crippen molar-refractivity contribution in [3.8, 4) is 11.1 Å². The van der Waals surface area contributed by atoms with Crippen LogP contribution in [0, 0.1) is 5.92 Å². The second-order valence-corrected chi connectivity index (χ2v) is 9.95. The van der Waals surface area contributed by atoms with Crippen molar-refractivity contribution in [2.75, 3.05) is 6.16 Å². The van der Waals surface area contributed by atoms with Crippen molar-refractivity contribution in [2.24, 2.45) is 17.4 Å². The highest BCUT2D eigenvalue weighted by molar-refractivity contribution is 7.58. The van der Waals surface area contributed by atoms with Gasteiger partial charge in [-0.05, 0) is 30.0 Å². The van der Waals surface area contributed by atoms with Crippen molar-refractivity contribution in [3.63, 3.8) is 0 Å². The minimum absolute atomic E-state index is 0.206. The van der Waals surface area contributed by atoms with Crippen LogP contribution in [0.25, 0.3) is 11.1 Å². The summed E-state index contributed by atoms with van der Waals surface area (Å²) in [6, 6.07) is 16.0. The topological polar surface area (TPSA) is 144 Å². The predicted molar refractivity (Wildman–Crippen MR) is 113 cm³/mol. The van der Waals surface area contributed by atoms with Gasteiger partial charge in [-0.1, -0.05) is 54.6 Å². The number of rotatable bonds is 10. The molecule has 0 heterocycles. The van der Waals surface area contributed by atoms with Crippen LogP contribution in [-0.4, -0.2) is 39.7 Å². The van der Waals surface area contributed by atoms with Crippen molar-refractivity contribution in [1.82, 2.24) is 0 Å². The number of carbonyl (C=O) groups excluding carboxylic acids is 1. The van der Waals surface area contributed by atoms with E-state index in [0.29, 0.717) is 0 Å². The van der Waals surface area contributed by atoms with Crippen molar-refractivity contribution >= 4 is 19.1 Å².